The molecule has 19 heavy (non-hydrogen) atoms. The van der Waals surface area contributed by atoms with Crippen LogP contribution in [0.25, 0.3) is 10.8 Å². The van der Waals surface area contributed by atoms with Gasteiger partial charge in [0.25, 0.3) is 0 Å². The van der Waals surface area contributed by atoms with Crippen molar-refractivity contribution in [3.63, 3.8) is 0 Å². The molecule has 0 fully saturated rings. The van der Waals surface area contributed by atoms with Crippen LogP contribution in [0.1, 0.15) is 6.92 Å². The molecule has 0 saturated carbocycles. The van der Waals surface area contributed by atoms with Crippen LogP contribution in [0.2, 0.25) is 0 Å². The van der Waals surface area contributed by atoms with Crippen molar-refractivity contribution in [1.82, 2.24) is 5.32 Å². The molecule has 1 N–H and O–H groups in total. The van der Waals surface area contributed by atoms with Crippen LogP contribution >= 0.6 is 0 Å². The largest absolute Gasteiger partial charge is 0.369 e. The van der Waals surface area contributed by atoms with Gasteiger partial charge in [0.05, 0.1) is 6.07 Å². The molecule has 2 aromatic carbocycles. The highest BCUT2D eigenvalue weighted by Crippen LogP contribution is 2.26. The highest BCUT2D eigenvalue weighted by atomic mass is 15.1. The summed E-state index contributed by atoms with van der Waals surface area (Å²) in [5, 5.41) is 14.6. The van der Waals surface area contributed by atoms with Gasteiger partial charge in [-0.1, -0.05) is 36.4 Å². The number of hydrogen-bond acceptors (Lipinski definition) is 3. The number of benzene rings is 2. The number of nitriles is 1. The Balaban J connectivity index is 2.38. The second-order valence-corrected chi connectivity index (χ2v) is 4.51. The SMILES string of the molecule is CCN(CC(C#N)NC)c1cccc2ccccc12. The lowest BCUT2D eigenvalue weighted by Crippen LogP contribution is -2.38. The first-order chi connectivity index (χ1) is 9.30. The van der Waals surface area contributed by atoms with Gasteiger partial charge in [0, 0.05) is 24.2 Å². The Kier molecular flexibility index (Phi) is 4.38. The minimum atomic E-state index is -0.154. The maximum absolute atomic E-state index is 9.09. The van der Waals surface area contributed by atoms with E-state index in [0.717, 1.165) is 6.54 Å². The van der Waals surface area contributed by atoms with Crippen LogP contribution in [0.5, 0.6) is 0 Å². The zero-order chi connectivity index (χ0) is 13.7. The van der Waals surface area contributed by atoms with Crippen molar-refractivity contribution in [3.8, 4) is 6.07 Å². The van der Waals surface area contributed by atoms with Gasteiger partial charge < -0.3 is 10.2 Å². The molecule has 0 spiro atoms. The van der Waals surface area contributed by atoms with E-state index in [4.69, 9.17) is 5.26 Å². The fourth-order valence-corrected chi connectivity index (χ4v) is 2.30. The Morgan fingerprint density at radius 3 is 2.63 bits per heavy atom. The minimum absolute atomic E-state index is 0.154. The number of likely N-dealkylation sites (N-methyl/N-ethyl adjacent to an activating group) is 2. The topological polar surface area (TPSA) is 39.1 Å². The van der Waals surface area contributed by atoms with Gasteiger partial charge in [-0.2, -0.15) is 5.26 Å². The van der Waals surface area contributed by atoms with Crippen molar-refractivity contribution in [1.29, 1.82) is 5.26 Å². The van der Waals surface area contributed by atoms with Crippen molar-refractivity contribution >= 4 is 16.5 Å². The average molecular weight is 253 g/mol. The third-order valence-electron chi connectivity index (χ3n) is 3.40. The molecule has 2 rings (SSSR count). The van der Waals surface area contributed by atoms with Crippen molar-refractivity contribution < 1.29 is 0 Å². The lowest BCUT2D eigenvalue weighted by atomic mass is 10.1. The normalized spacial score (nSPS) is 12.1. The molecule has 3 nitrogen and oxygen atoms in total. The summed E-state index contributed by atoms with van der Waals surface area (Å²) in [6.07, 6.45) is 0. The Labute approximate surface area is 114 Å². The monoisotopic (exact) mass is 253 g/mol. The van der Waals surface area contributed by atoms with Crippen LogP contribution in [-0.2, 0) is 0 Å². The second kappa shape index (κ2) is 6.21. The number of rotatable bonds is 5. The summed E-state index contributed by atoms with van der Waals surface area (Å²) < 4.78 is 0. The summed E-state index contributed by atoms with van der Waals surface area (Å²) in [6, 6.07) is 16.8. The van der Waals surface area contributed by atoms with Crippen LogP contribution in [0.3, 0.4) is 0 Å². The molecule has 0 aliphatic heterocycles. The van der Waals surface area contributed by atoms with E-state index in [-0.39, 0.29) is 6.04 Å². The molecular weight excluding hydrogens is 234 g/mol. The highest BCUT2D eigenvalue weighted by molar-refractivity contribution is 5.94. The third-order valence-corrected chi connectivity index (χ3v) is 3.40. The van der Waals surface area contributed by atoms with Crippen molar-refractivity contribution in [3.05, 3.63) is 42.5 Å². The summed E-state index contributed by atoms with van der Waals surface area (Å²) >= 11 is 0. The van der Waals surface area contributed by atoms with Crippen LogP contribution in [0.15, 0.2) is 42.5 Å². The van der Waals surface area contributed by atoms with E-state index < -0.39 is 0 Å². The van der Waals surface area contributed by atoms with Gasteiger partial charge in [0.15, 0.2) is 0 Å². The minimum Gasteiger partial charge on any atom is -0.369 e. The van der Waals surface area contributed by atoms with Gasteiger partial charge in [-0.3, -0.25) is 0 Å². The summed E-state index contributed by atoms with van der Waals surface area (Å²) in [4.78, 5) is 2.24. The van der Waals surface area contributed by atoms with Gasteiger partial charge >= 0.3 is 0 Å². The van der Waals surface area contributed by atoms with E-state index in [1.165, 1.54) is 16.5 Å². The quantitative estimate of drug-likeness (QED) is 0.890. The lowest BCUT2D eigenvalue weighted by Gasteiger charge is -2.26. The Hall–Kier alpha value is -2.05. The molecule has 0 aliphatic carbocycles. The summed E-state index contributed by atoms with van der Waals surface area (Å²) in [7, 11) is 1.82. The smallest absolute Gasteiger partial charge is 0.113 e. The molecule has 1 unspecified atom stereocenters. The predicted molar refractivity (Wildman–Crippen MR) is 80.3 cm³/mol. The first-order valence-electron chi connectivity index (χ1n) is 6.59. The zero-order valence-electron chi connectivity index (χ0n) is 11.4. The first kappa shape index (κ1) is 13.4. The number of fused-ring (bicyclic) bond motifs is 1. The Morgan fingerprint density at radius 1 is 1.21 bits per heavy atom. The van der Waals surface area contributed by atoms with E-state index in [0.29, 0.717) is 6.54 Å². The van der Waals surface area contributed by atoms with Crippen molar-refractivity contribution in [2.45, 2.75) is 13.0 Å². The molecule has 3 heteroatoms. The molecule has 98 valence electrons. The maximum atomic E-state index is 9.09. The third kappa shape index (κ3) is 2.86. The summed E-state index contributed by atoms with van der Waals surface area (Å²) in [6.45, 7) is 3.69. The standard InChI is InChI=1S/C16H19N3/c1-3-19(12-14(11-17)18-2)16-10-6-8-13-7-4-5-9-15(13)16/h4-10,14,18H,3,12H2,1-2H3. The van der Waals surface area contributed by atoms with E-state index >= 15 is 0 Å². The fourth-order valence-electron chi connectivity index (χ4n) is 2.30. The van der Waals surface area contributed by atoms with Gasteiger partial charge in [-0.05, 0) is 25.4 Å². The lowest BCUT2D eigenvalue weighted by molar-refractivity contribution is 0.649. The molecule has 0 saturated heterocycles. The number of hydrogen-bond donors (Lipinski definition) is 1. The van der Waals surface area contributed by atoms with Gasteiger partial charge in [0.2, 0.25) is 0 Å². The Bertz CT molecular complexity index is 581. The van der Waals surface area contributed by atoms with Gasteiger partial charge in [-0.25, -0.2) is 0 Å². The number of nitrogens with zero attached hydrogens (tertiary/aromatic N) is 2. The van der Waals surface area contributed by atoms with Crippen LogP contribution in [0.4, 0.5) is 5.69 Å². The molecule has 0 bridgehead atoms. The zero-order valence-corrected chi connectivity index (χ0v) is 11.4. The predicted octanol–water partition coefficient (Wildman–Crippen LogP) is 2.78. The van der Waals surface area contributed by atoms with Crippen LogP contribution in [-0.4, -0.2) is 26.2 Å². The van der Waals surface area contributed by atoms with Gasteiger partial charge in [-0.15, -0.1) is 0 Å². The first-order valence-corrected chi connectivity index (χ1v) is 6.59. The molecule has 0 aromatic heterocycles. The number of nitrogens with one attached hydrogen (secondary N) is 1. The number of anilines is 1. The van der Waals surface area contributed by atoms with E-state index in [2.05, 4.69) is 59.6 Å². The van der Waals surface area contributed by atoms with Crippen molar-refractivity contribution in [2.24, 2.45) is 0 Å². The second-order valence-electron chi connectivity index (χ2n) is 4.51. The molecule has 0 aliphatic rings. The fraction of sp³-hybridized carbons (Fsp3) is 0.312. The molecule has 0 radical (unpaired) electrons. The molecule has 0 heterocycles. The average Bonchev–Trinajstić information content (AvgIpc) is 2.48. The van der Waals surface area contributed by atoms with Crippen LogP contribution in [0, 0.1) is 11.3 Å². The summed E-state index contributed by atoms with van der Waals surface area (Å²) in [5.74, 6) is 0. The maximum Gasteiger partial charge on any atom is 0.113 e. The van der Waals surface area contributed by atoms with Crippen molar-refractivity contribution in [2.75, 3.05) is 25.0 Å². The van der Waals surface area contributed by atoms with E-state index in [1.807, 2.05) is 13.1 Å². The highest BCUT2D eigenvalue weighted by Gasteiger charge is 2.13. The summed E-state index contributed by atoms with van der Waals surface area (Å²) in [5.41, 5.74) is 1.19. The molecule has 2 aromatic rings. The van der Waals surface area contributed by atoms with E-state index in [9.17, 15) is 0 Å². The van der Waals surface area contributed by atoms with Crippen LogP contribution < -0.4 is 10.2 Å². The van der Waals surface area contributed by atoms with E-state index in [1.54, 1.807) is 0 Å². The molecule has 1 atom stereocenters. The van der Waals surface area contributed by atoms with Gasteiger partial charge in [0.1, 0.15) is 6.04 Å². The molecular formula is C16H19N3. The molecule has 0 amide bonds. The Morgan fingerprint density at radius 2 is 1.95 bits per heavy atom.